The molecule has 118 valence electrons. The molecule has 0 saturated heterocycles. The first-order chi connectivity index (χ1) is 9.67. The number of carbonyl (C=O) groups is 1. The van der Waals surface area contributed by atoms with Gasteiger partial charge < -0.3 is 15.4 Å². The van der Waals surface area contributed by atoms with Gasteiger partial charge in [0.05, 0.1) is 4.92 Å². The summed E-state index contributed by atoms with van der Waals surface area (Å²) in [6.45, 7) is 8.33. The Morgan fingerprint density at radius 2 is 2.19 bits per heavy atom. The molecule has 0 radical (unpaired) electrons. The lowest BCUT2D eigenvalue weighted by molar-refractivity contribution is -0.380. The van der Waals surface area contributed by atoms with Crippen LogP contribution in [0.1, 0.15) is 33.3 Å². The summed E-state index contributed by atoms with van der Waals surface area (Å²) in [5.41, 5.74) is 0.337. The van der Waals surface area contributed by atoms with E-state index in [-0.39, 0.29) is 11.0 Å². The fourth-order valence-electron chi connectivity index (χ4n) is 1.54. The lowest BCUT2D eigenvalue weighted by Crippen LogP contribution is -2.42. The van der Waals surface area contributed by atoms with Gasteiger partial charge in [-0.2, -0.15) is 0 Å². The molecule has 7 nitrogen and oxygen atoms in total. The van der Waals surface area contributed by atoms with E-state index in [0.717, 1.165) is 16.9 Å². The summed E-state index contributed by atoms with van der Waals surface area (Å²) in [4.78, 5) is 21.7. The first-order valence-electron chi connectivity index (χ1n) is 6.59. The molecule has 2 N–H and O–H groups in total. The Bertz CT molecular complexity index is 496. The van der Waals surface area contributed by atoms with Crippen LogP contribution in [0, 0.1) is 10.1 Å². The smallest absolute Gasteiger partial charge is 0.407 e. The van der Waals surface area contributed by atoms with Gasteiger partial charge in [0.15, 0.2) is 0 Å². The Kier molecular flexibility index (Phi) is 6.10. The molecule has 21 heavy (non-hydrogen) atoms. The van der Waals surface area contributed by atoms with Crippen molar-refractivity contribution in [1.29, 1.82) is 0 Å². The molecule has 0 aliphatic heterocycles. The van der Waals surface area contributed by atoms with Gasteiger partial charge in [-0.05, 0) is 33.3 Å². The zero-order valence-electron chi connectivity index (χ0n) is 12.6. The molecule has 8 heteroatoms. The number of thiophene rings is 1. The third-order valence-corrected chi connectivity index (χ3v) is 3.29. The van der Waals surface area contributed by atoms with Crippen molar-refractivity contribution in [2.24, 2.45) is 0 Å². The predicted octanol–water partition coefficient (Wildman–Crippen LogP) is 2.66. The molecule has 0 fully saturated rings. The summed E-state index contributed by atoms with van der Waals surface area (Å²) < 4.78 is 5.15. The third kappa shape index (κ3) is 7.05. The number of hydrogen-bond donors (Lipinski definition) is 2. The summed E-state index contributed by atoms with van der Waals surface area (Å²) in [5, 5.41) is 18.3. The van der Waals surface area contributed by atoms with Crippen LogP contribution in [-0.2, 0) is 11.3 Å². The van der Waals surface area contributed by atoms with Gasteiger partial charge in [0, 0.05) is 30.6 Å². The molecule has 1 unspecified atom stereocenters. The number of nitrogens with zero attached hydrogens (tertiary/aromatic N) is 1. The molecule has 1 amide bonds. The standard InChI is InChI=1S/C13H21N3O4S/c1-9(15-12(17)20-13(2,3)4)6-14-7-10-5-11(16(18)19)21-8-10/h5,8-9,14H,6-7H2,1-4H3,(H,15,17). The van der Waals surface area contributed by atoms with Crippen molar-refractivity contribution in [3.8, 4) is 0 Å². The monoisotopic (exact) mass is 315 g/mol. The number of ether oxygens (including phenoxy) is 1. The van der Waals surface area contributed by atoms with Crippen LogP contribution in [0.4, 0.5) is 9.80 Å². The van der Waals surface area contributed by atoms with E-state index >= 15 is 0 Å². The summed E-state index contributed by atoms with van der Waals surface area (Å²) >= 11 is 1.10. The van der Waals surface area contributed by atoms with E-state index in [1.807, 2.05) is 6.92 Å². The highest BCUT2D eigenvalue weighted by molar-refractivity contribution is 7.13. The third-order valence-electron chi connectivity index (χ3n) is 2.36. The van der Waals surface area contributed by atoms with Crippen molar-refractivity contribution in [3.63, 3.8) is 0 Å². The fourth-order valence-corrected chi connectivity index (χ4v) is 2.27. The van der Waals surface area contributed by atoms with Crippen LogP contribution in [0.2, 0.25) is 0 Å². The van der Waals surface area contributed by atoms with Crippen molar-refractivity contribution in [1.82, 2.24) is 10.6 Å². The van der Waals surface area contributed by atoms with Gasteiger partial charge >= 0.3 is 11.1 Å². The highest BCUT2D eigenvalue weighted by Gasteiger charge is 2.17. The predicted molar refractivity (Wildman–Crippen MR) is 81.5 cm³/mol. The van der Waals surface area contributed by atoms with Crippen molar-refractivity contribution in [3.05, 3.63) is 27.1 Å². The molecular formula is C13H21N3O4S. The van der Waals surface area contributed by atoms with Crippen LogP contribution in [0.15, 0.2) is 11.4 Å². The molecule has 0 aromatic carbocycles. The van der Waals surface area contributed by atoms with E-state index in [1.54, 1.807) is 32.2 Å². The molecule has 0 spiro atoms. The Labute approximate surface area is 127 Å². The molecule has 0 saturated carbocycles. The normalized spacial score (nSPS) is 12.8. The summed E-state index contributed by atoms with van der Waals surface area (Å²) in [6, 6.07) is 1.44. The van der Waals surface area contributed by atoms with E-state index in [9.17, 15) is 14.9 Å². The van der Waals surface area contributed by atoms with E-state index in [0.29, 0.717) is 13.1 Å². The second kappa shape index (κ2) is 7.37. The van der Waals surface area contributed by atoms with Gasteiger partial charge in [0.25, 0.3) is 0 Å². The molecule has 1 aromatic rings. The maximum absolute atomic E-state index is 11.5. The van der Waals surface area contributed by atoms with Crippen LogP contribution < -0.4 is 10.6 Å². The second-order valence-electron chi connectivity index (χ2n) is 5.73. The van der Waals surface area contributed by atoms with Crippen LogP contribution in [0.5, 0.6) is 0 Å². The minimum absolute atomic E-state index is 0.103. The summed E-state index contributed by atoms with van der Waals surface area (Å²) in [6.07, 6.45) is -0.456. The molecule has 1 rings (SSSR count). The number of hydrogen-bond acceptors (Lipinski definition) is 6. The zero-order chi connectivity index (χ0) is 16.0. The Morgan fingerprint density at radius 3 is 2.71 bits per heavy atom. The van der Waals surface area contributed by atoms with Gasteiger partial charge in [-0.15, -0.1) is 0 Å². The highest BCUT2D eigenvalue weighted by Crippen LogP contribution is 2.22. The largest absolute Gasteiger partial charge is 0.444 e. The van der Waals surface area contributed by atoms with Crippen LogP contribution >= 0.6 is 11.3 Å². The average Bonchev–Trinajstić information content (AvgIpc) is 2.74. The number of rotatable bonds is 6. The minimum atomic E-state index is -0.521. The van der Waals surface area contributed by atoms with Gasteiger partial charge in [0.1, 0.15) is 5.60 Å². The van der Waals surface area contributed by atoms with Crippen LogP contribution in [-0.4, -0.2) is 29.2 Å². The topological polar surface area (TPSA) is 93.5 Å². The van der Waals surface area contributed by atoms with Gasteiger partial charge in [-0.1, -0.05) is 11.3 Å². The van der Waals surface area contributed by atoms with Crippen molar-refractivity contribution >= 4 is 22.4 Å². The highest BCUT2D eigenvalue weighted by atomic mass is 32.1. The summed E-state index contributed by atoms with van der Waals surface area (Å²) in [7, 11) is 0. The minimum Gasteiger partial charge on any atom is -0.444 e. The molecule has 1 aromatic heterocycles. The molecular weight excluding hydrogens is 294 g/mol. The van der Waals surface area contributed by atoms with Crippen molar-refractivity contribution in [2.45, 2.75) is 45.9 Å². The lowest BCUT2D eigenvalue weighted by atomic mass is 10.2. The van der Waals surface area contributed by atoms with E-state index in [2.05, 4.69) is 10.6 Å². The number of nitro groups is 1. The quantitative estimate of drug-likeness (QED) is 0.622. The Hall–Kier alpha value is -1.67. The van der Waals surface area contributed by atoms with Crippen molar-refractivity contribution in [2.75, 3.05) is 6.54 Å². The average molecular weight is 315 g/mol. The molecule has 0 bridgehead atoms. The molecule has 1 heterocycles. The first-order valence-corrected chi connectivity index (χ1v) is 7.47. The number of alkyl carbamates (subject to hydrolysis) is 1. The lowest BCUT2D eigenvalue weighted by Gasteiger charge is -2.22. The molecule has 1 atom stereocenters. The molecule has 0 aliphatic rings. The van der Waals surface area contributed by atoms with Crippen LogP contribution in [0.3, 0.4) is 0 Å². The molecule has 0 aliphatic carbocycles. The Balaban J connectivity index is 2.28. The second-order valence-corrected chi connectivity index (χ2v) is 6.62. The van der Waals surface area contributed by atoms with E-state index in [1.165, 1.54) is 0 Å². The van der Waals surface area contributed by atoms with E-state index in [4.69, 9.17) is 4.74 Å². The fraction of sp³-hybridized carbons (Fsp3) is 0.615. The number of amides is 1. The maximum Gasteiger partial charge on any atom is 0.407 e. The number of carbonyl (C=O) groups excluding carboxylic acids is 1. The maximum atomic E-state index is 11.5. The van der Waals surface area contributed by atoms with E-state index < -0.39 is 16.6 Å². The first kappa shape index (κ1) is 17.4. The van der Waals surface area contributed by atoms with Gasteiger partial charge in [0.2, 0.25) is 0 Å². The zero-order valence-corrected chi connectivity index (χ0v) is 13.5. The van der Waals surface area contributed by atoms with Gasteiger partial charge in [-0.3, -0.25) is 10.1 Å². The SMILES string of the molecule is CC(CNCc1csc([N+](=O)[O-])c1)NC(=O)OC(C)(C)C. The Morgan fingerprint density at radius 1 is 1.52 bits per heavy atom. The summed E-state index contributed by atoms with van der Waals surface area (Å²) in [5.74, 6) is 0. The van der Waals surface area contributed by atoms with Crippen LogP contribution in [0.25, 0.3) is 0 Å². The van der Waals surface area contributed by atoms with Crippen molar-refractivity contribution < 1.29 is 14.5 Å². The van der Waals surface area contributed by atoms with Gasteiger partial charge in [-0.25, -0.2) is 4.79 Å². The number of nitrogens with one attached hydrogen (secondary N) is 2.